The van der Waals surface area contributed by atoms with Crippen LogP contribution in [0.4, 0.5) is 0 Å². The van der Waals surface area contributed by atoms with Crippen LogP contribution in [0.1, 0.15) is 59.6 Å². The lowest BCUT2D eigenvalue weighted by molar-refractivity contribution is -0.232. The van der Waals surface area contributed by atoms with Gasteiger partial charge in [0.15, 0.2) is 0 Å². The molecule has 2 heterocycles. The molecule has 2 aromatic carbocycles. The fourth-order valence-electron chi connectivity index (χ4n) is 4.88. The second kappa shape index (κ2) is 8.60. The molecule has 0 radical (unpaired) electrons. The molecular formula is C25H29ClO6. The van der Waals surface area contributed by atoms with Gasteiger partial charge in [0, 0.05) is 17.5 Å². The number of aliphatic hydroxyl groups excluding tert-OH is 4. The molecular weight excluding hydrogens is 432 g/mol. The fourth-order valence-corrected chi connectivity index (χ4v) is 5.16. The van der Waals surface area contributed by atoms with E-state index >= 15 is 0 Å². The Kier molecular flexibility index (Phi) is 5.95. The maximum Gasteiger partial charge on any atom is 0.130 e. The maximum atomic E-state index is 10.7. The van der Waals surface area contributed by atoms with Crippen molar-refractivity contribution in [2.45, 2.75) is 75.1 Å². The summed E-state index contributed by atoms with van der Waals surface area (Å²) in [5, 5.41) is 41.4. The third-order valence-corrected chi connectivity index (χ3v) is 7.32. The number of ether oxygens (including phenoxy) is 2. The van der Waals surface area contributed by atoms with Crippen molar-refractivity contribution < 1.29 is 29.9 Å². The molecule has 0 amide bonds. The van der Waals surface area contributed by atoms with Gasteiger partial charge < -0.3 is 29.9 Å². The molecule has 4 N–H and O–H groups in total. The smallest absolute Gasteiger partial charge is 0.130 e. The summed E-state index contributed by atoms with van der Waals surface area (Å²) in [5.41, 5.74) is 4.82. The van der Waals surface area contributed by atoms with Gasteiger partial charge in [-0.25, -0.2) is 0 Å². The standard InChI is InChI=1S/C25H29ClO6/c1-12-8-17-20(26)16(9-13-2-4-14(5-3-13)15-6-7-15)10-18(24(17)31-12)25-23(30)22(29)21(28)19(11-27)32-25/h2-5,10,12,15,19,21-23,25,27-30H,6-9,11H2,1H3/t12?,19-,21-,22+,23-,25+/m1/s1. The zero-order valence-electron chi connectivity index (χ0n) is 17.9. The van der Waals surface area contributed by atoms with Crippen molar-refractivity contribution in [3.8, 4) is 5.75 Å². The van der Waals surface area contributed by atoms with Gasteiger partial charge in [0.1, 0.15) is 42.4 Å². The number of halogens is 1. The molecule has 2 aliphatic heterocycles. The van der Waals surface area contributed by atoms with Gasteiger partial charge in [-0.3, -0.25) is 0 Å². The number of aliphatic hydroxyl groups is 4. The molecule has 6 nitrogen and oxygen atoms in total. The van der Waals surface area contributed by atoms with E-state index in [4.69, 9.17) is 21.1 Å². The topological polar surface area (TPSA) is 99.4 Å². The van der Waals surface area contributed by atoms with Crippen LogP contribution in [0.2, 0.25) is 5.02 Å². The molecule has 7 heteroatoms. The minimum absolute atomic E-state index is 0.0841. The van der Waals surface area contributed by atoms with E-state index in [0.717, 1.165) is 16.7 Å². The van der Waals surface area contributed by atoms with Crippen molar-refractivity contribution in [2.24, 2.45) is 0 Å². The lowest BCUT2D eigenvalue weighted by Gasteiger charge is -2.40. The summed E-state index contributed by atoms with van der Waals surface area (Å²) >= 11 is 6.80. The first-order valence-electron chi connectivity index (χ1n) is 11.3. The largest absolute Gasteiger partial charge is 0.490 e. The Morgan fingerprint density at radius 2 is 1.75 bits per heavy atom. The third-order valence-electron chi connectivity index (χ3n) is 6.85. The minimum atomic E-state index is -1.45. The van der Waals surface area contributed by atoms with E-state index in [9.17, 15) is 20.4 Å². The summed E-state index contributed by atoms with van der Waals surface area (Å²) in [5.74, 6) is 1.25. The maximum absolute atomic E-state index is 10.7. The van der Waals surface area contributed by atoms with Crippen molar-refractivity contribution in [2.75, 3.05) is 6.61 Å². The highest BCUT2D eigenvalue weighted by molar-refractivity contribution is 6.32. The SMILES string of the molecule is CC1Cc2c(Cl)c(Cc3ccc(C4CC4)cc3)cc([C@@H]3O[C@H](CO)[C@@H](O)[C@H](O)[C@H]3O)c2O1. The number of benzene rings is 2. The molecule has 1 aliphatic carbocycles. The summed E-state index contributed by atoms with van der Waals surface area (Å²) in [6.45, 7) is 1.47. The molecule has 172 valence electrons. The van der Waals surface area contributed by atoms with Gasteiger partial charge in [-0.2, -0.15) is 0 Å². The fraction of sp³-hybridized carbons (Fsp3) is 0.520. The van der Waals surface area contributed by atoms with Gasteiger partial charge >= 0.3 is 0 Å². The van der Waals surface area contributed by atoms with Crippen LogP contribution in [-0.2, 0) is 17.6 Å². The molecule has 0 bridgehead atoms. The highest BCUT2D eigenvalue weighted by atomic mass is 35.5. The van der Waals surface area contributed by atoms with E-state index in [2.05, 4.69) is 24.3 Å². The molecule has 2 fully saturated rings. The van der Waals surface area contributed by atoms with Crippen molar-refractivity contribution in [1.29, 1.82) is 0 Å². The summed E-state index contributed by atoms with van der Waals surface area (Å²) in [7, 11) is 0. The molecule has 6 atom stereocenters. The Bertz CT molecular complexity index is 987. The molecule has 5 rings (SSSR count). The van der Waals surface area contributed by atoms with Gasteiger partial charge in [-0.15, -0.1) is 0 Å². The second-order valence-corrected chi connectivity index (χ2v) is 9.70. The van der Waals surface area contributed by atoms with E-state index < -0.39 is 37.1 Å². The molecule has 3 aliphatic rings. The number of rotatable bonds is 5. The van der Waals surface area contributed by atoms with Crippen LogP contribution in [-0.4, -0.2) is 57.6 Å². The summed E-state index contributed by atoms with van der Waals surface area (Å²) in [6, 6.07) is 10.5. The average molecular weight is 461 g/mol. The number of hydrogen-bond donors (Lipinski definition) is 4. The van der Waals surface area contributed by atoms with E-state index in [1.807, 2.05) is 13.0 Å². The van der Waals surface area contributed by atoms with Crippen LogP contribution in [0.3, 0.4) is 0 Å². The summed E-state index contributed by atoms with van der Waals surface area (Å²) in [4.78, 5) is 0. The first-order valence-corrected chi connectivity index (χ1v) is 11.6. The van der Waals surface area contributed by atoms with Gasteiger partial charge in [0.2, 0.25) is 0 Å². The Morgan fingerprint density at radius 1 is 1.03 bits per heavy atom. The Morgan fingerprint density at radius 3 is 2.41 bits per heavy atom. The highest BCUT2D eigenvalue weighted by Gasteiger charge is 2.46. The molecule has 0 spiro atoms. The molecule has 1 saturated heterocycles. The predicted molar refractivity (Wildman–Crippen MR) is 119 cm³/mol. The van der Waals surface area contributed by atoms with E-state index in [1.54, 1.807) is 0 Å². The Labute approximate surface area is 192 Å². The van der Waals surface area contributed by atoms with Gasteiger partial charge in [-0.1, -0.05) is 35.9 Å². The first-order chi connectivity index (χ1) is 15.4. The summed E-state index contributed by atoms with van der Waals surface area (Å²) < 4.78 is 11.9. The monoisotopic (exact) mass is 460 g/mol. The third kappa shape index (κ3) is 3.94. The normalized spacial score (nSPS) is 31.9. The van der Waals surface area contributed by atoms with Crippen molar-refractivity contribution in [1.82, 2.24) is 0 Å². The minimum Gasteiger partial charge on any atom is -0.490 e. The lowest BCUT2D eigenvalue weighted by Crippen LogP contribution is -2.55. The van der Waals surface area contributed by atoms with E-state index in [1.165, 1.54) is 18.4 Å². The van der Waals surface area contributed by atoms with Crippen LogP contribution in [0.25, 0.3) is 0 Å². The number of hydrogen-bond acceptors (Lipinski definition) is 6. The van der Waals surface area contributed by atoms with Crippen LogP contribution in [0.15, 0.2) is 30.3 Å². The zero-order chi connectivity index (χ0) is 22.6. The van der Waals surface area contributed by atoms with Crippen molar-refractivity contribution in [3.63, 3.8) is 0 Å². The van der Waals surface area contributed by atoms with Crippen LogP contribution in [0, 0.1) is 0 Å². The molecule has 0 aromatic heterocycles. The van der Waals surface area contributed by atoms with Crippen molar-refractivity contribution in [3.05, 3.63) is 63.2 Å². The number of fused-ring (bicyclic) bond motifs is 1. The highest BCUT2D eigenvalue weighted by Crippen LogP contribution is 2.46. The first kappa shape index (κ1) is 22.1. The molecule has 32 heavy (non-hydrogen) atoms. The van der Waals surface area contributed by atoms with Gasteiger partial charge in [0.25, 0.3) is 0 Å². The zero-order valence-corrected chi connectivity index (χ0v) is 18.7. The quantitative estimate of drug-likeness (QED) is 0.547. The Hall–Kier alpha value is -1.67. The molecule has 1 saturated carbocycles. The molecule has 1 unspecified atom stereocenters. The van der Waals surface area contributed by atoms with Crippen LogP contribution >= 0.6 is 11.6 Å². The Balaban J connectivity index is 1.51. The lowest BCUT2D eigenvalue weighted by atomic mass is 9.88. The van der Waals surface area contributed by atoms with E-state index in [0.29, 0.717) is 35.1 Å². The van der Waals surface area contributed by atoms with Gasteiger partial charge in [-0.05, 0) is 54.9 Å². The van der Waals surface area contributed by atoms with Crippen molar-refractivity contribution >= 4 is 11.6 Å². The van der Waals surface area contributed by atoms with Crippen LogP contribution in [0.5, 0.6) is 5.75 Å². The van der Waals surface area contributed by atoms with E-state index in [-0.39, 0.29) is 6.10 Å². The summed E-state index contributed by atoms with van der Waals surface area (Å²) in [6.07, 6.45) is -2.50. The van der Waals surface area contributed by atoms with Crippen LogP contribution < -0.4 is 4.74 Å². The molecule has 2 aromatic rings. The average Bonchev–Trinajstić information content (AvgIpc) is 3.56. The predicted octanol–water partition coefficient (Wildman–Crippen LogP) is 2.65. The second-order valence-electron chi connectivity index (χ2n) is 9.32. The van der Waals surface area contributed by atoms with Gasteiger partial charge in [0.05, 0.1) is 11.6 Å².